The predicted octanol–water partition coefficient (Wildman–Crippen LogP) is 3.01. The monoisotopic (exact) mass is 412 g/mol. The molecule has 2 aromatic rings. The molecule has 2 aromatic carbocycles. The summed E-state index contributed by atoms with van der Waals surface area (Å²) in [6.45, 7) is 3.55. The van der Waals surface area contributed by atoms with Gasteiger partial charge in [-0.2, -0.15) is 0 Å². The molecule has 0 aliphatic carbocycles. The highest BCUT2D eigenvalue weighted by Crippen LogP contribution is 2.31. The van der Waals surface area contributed by atoms with Gasteiger partial charge in [-0.25, -0.2) is 4.79 Å². The Bertz CT molecular complexity index is 958. The molecule has 0 fully saturated rings. The van der Waals surface area contributed by atoms with Crippen LogP contribution in [-0.4, -0.2) is 44.1 Å². The maximum atomic E-state index is 12.9. The van der Waals surface area contributed by atoms with E-state index in [4.69, 9.17) is 14.2 Å². The van der Waals surface area contributed by atoms with E-state index in [0.717, 1.165) is 0 Å². The fourth-order valence-corrected chi connectivity index (χ4v) is 3.32. The smallest absolute Gasteiger partial charge is 0.338 e. The van der Waals surface area contributed by atoms with Crippen molar-refractivity contribution in [2.45, 2.75) is 26.3 Å². The first kappa shape index (κ1) is 21.2. The number of benzene rings is 2. The highest BCUT2D eigenvalue weighted by molar-refractivity contribution is 6.05. The number of rotatable bonds is 6. The third-order valence-electron chi connectivity index (χ3n) is 4.65. The van der Waals surface area contributed by atoms with E-state index in [2.05, 4.69) is 5.32 Å². The summed E-state index contributed by atoms with van der Waals surface area (Å²) in [5.74, 6) is -0.337. The number of para-hydroxylation sites is 2. The molecule has 0 bridgehead atoms. The second-order valence-electron chi connectivity index (χ2n) is 6.76. The molecule has 8 nitrogen and oxygen atoms in total. The number of nitrogens with zero attached hydrogens (tertiary/aromatic N) is 1. The minimum absolute atomic E-state index is 0.143. The topological polar surface area (TPSA) is 94.2 Å². The second-order valence-corrected chi connectivity index (χ2v) is 6.76. The molecular weight excluding hydrogens is 388 g/mol. The SMILES string of the molecule is CCOc1cc(C(=O)OCC(=O)N2c3ccccc3NC(=O)C[C@@H]2C)ccc1OC. The number of amides is 2. The zero-order valence-electron chi connectivity index (χ0n) is 17.1. The Morgan fingerprint density at radius 3 is 2.67 bits per heavy atom. The molecule has 2 amide bonds. The minimum Gasteiger partial charge on any atom is -0.493 e. The van der Waals surface area contributed by atoms with Crippen molar-refractivity contribution in [3.8, 4) is 11.5 Å². The van der Waals surface area contributed by atoms with Gasteiger partial charge < -0.3 is 24.4 Å². The van der Waals surface area contributed by atoms with Crippen LogP contribution in [0.4, 0.5) is 11.4 Å². The number of hydrogen-bond acceptors (Lipinski definition) is 6. The van der Waals surface area contributed by atoms with Gasteiger partial charge in [0.2, 0.25) is 5.91 Å². The van der Waals surface area contributed by atoms with Gasteiger partial charge in [0.1, 0.15) is 0 Å². The van der Waals surface area contributed by atoms with Crippen LogP contribution in [0.3, 0.4) is 0 Å². The van der Waals surface area contributed by atoms with Gasteiger partial charge in [-0.1, -0.05) is 12.1 Å². The zero-order valence-corrected chi connectivity index (χ0v) is 17.1. The van der Waals surface area contributed by atoms with Gasteiger partial charge in [0.25, 0.3) is 5.91 Å². The van der Waals surface area contributed by atoms with Crippen LogP contribution in [0.15, 0.2) is 42.5 Å². The second kappa shape index (κ2) is 9.30. The van der Waals surface area contributed by atoms with E-state index in [9.17, 15) is 14.4 Å². The van der Waals surface area contributed by atoms with Gasteiger partial charge in [-0.15, -0.1) is 0 Å². The minimum atomic E-state index is -0.656. The van der Waals surface area contributed by atoms with Crippen molar-refractivity contribution in [3.05, 3.63) is 48.0 Å². The van der Waals surface area contributed by atoms with Crippen LogP contribution in [0.5, 0.6) is 11.5 Å². The third kappa shape index (κ3) is 4.53. The molecule has 0 saturated carbocycles. The fourth-order valence-electron chi connectivity index (χ4n) is 3.32. The summed E-state index contributed by atoms with van der Waals surface area (Å²) >= 11 is 0. The summed E-state index contributed by atoms with van der Waals surface area (Å²) in [5, 5.41) is 2.79. The van der Waals surface area contributed by atoms with Crippen molar-refractivity contribution >= 4 is 29.2 Å². The molecular formula is C22H24N2O6. The lowest BCUT2D eigenvalue weighted by Crippen LogP contribution is -2.41. The molecule has 0 aromatic heterocycles. The Morgan fingerprint density at radius 1 is 1.17 bits per heavy atom. The van der Waals surface area contributed by atoms with Crippen molar-refractivity contribution in [2.75, 3.05) is 30.5 Å². The molecule has 8 heteroatoms. The van der Waals surface area contributed by atoms with E-state index in [1.165, 1.54) is 18.1 Å². The van der Waals surface area contributed by atoms with Gasteiger partial charge in [0.05, 0.1) is 30.7 Å². The van der Waals surface area contributed by atoms with Crippen LogP contribution < -0.4 is 19.7 Å². The van der Waals surface area contributed by atoms with Gasteiger partial charge in [-0.3, -0.25) is 9.59 Å². The van der Waals surface area contributed by atoms with E-state index in [0.29, 0.717) is 29.5 Å². The van der Waals surface area contributed by atoms with Crippen molar-refractivity contribution in [1.29, 1.82) is 0 Å². The molecule has 1 atom stereocenters. The Labute approximate surface area is 174 Å². The van der Waals surface area contributed by atoms with Crippen LogP contribution in [0.2, 0.25) is 0 Å². The molecule has 0 unspecified atom stereocenters. The first-order valence-corrected chi connectivity index (χ1v) is 9.63. The van der Waals surface area contributed by atoms with Gasteiger partial charge in [-0.05, 0) is 44.2 Å². The van der Waals surface area contributed by atoms with Crippen molar-refractivity contribution < 1.29 is 28.6 Å². The highest BCUT2D eigenvalue weighted by Gasteiger charge is 2.30. The van der Waals surface area contributed by atoms with Crippen LogP contribution in [0.1, 0.15) is 30.6 Å². The maximum absolute atomic E-state index is 12.9. The van der Waals surface area contributed by atoms with Crippen LogP contribution in [0.25, 0.3) is 0 Å². The molecule has 3 rings (SSSR count). The summed E-state index contributed by atoms with van der Waals surface area (Å²) in [6.07, 6.45) is 0.143. The molecule has 0 saturated heterocycles. The van der Waals surface area contributed by atoms with Crippen molar-refractivity contribution in [2.24, 2.45) is 0 Å². The Morgan fingerprint density at radius 2 is 1.93 bits per heavy atom. The van der Waals surface area contributed by atoms with Crippen LogP contribution in [0, 0.1) is 0 Å². The number of hydrogen-bond donors (Lipinski definition) is 1. The van der Waals surface area contributed by atoms with Gasteiger partial charge in [0, 0.05) is 12.5 Å². The predicted molar refractivity (Wildman–Crippen MR) is 111 cm³/mol. The first-order valence-electron chi connectivity index (χ1n) is 9.63. The van der Waals surface area contributed by atoms with Crippen molar-refractivity contribution in [3.63, 3.8) is 0 Å². The summed E-state index contributed by atoms with van der Waals surface area (Å²) in [5.41, 5.74) is 1.36. The lowest BCUT2D eigenvalue weighted by atomic mass is 10.1. The molecule has 1 N–H and O–H groups in total. The Kier molecular flexibility index (Phi) is 6.56. The average Bonchev–Trinajstić information content (AvgIpc) is 2.86. The fraction of sp³-hybridized carbons (Fsp3) is 0.318. The molecule has 1 aliphatic rings. The number of carbonyl (C=O) groups is 3. The Balaban J connectivity index is 1.74. The number of nitrogens with one attached hydrogen (secondary N) is 1. The molecule has 1 heterocycles. The molecule has 1 aliphatic heterocycles. The summed E-state index contributed by atoms with van der Waals surface area (Å²) in [4.78, 5) is 38.9. The molecule has 0 spiro atoms. The maximum Gasteiger partial charge on any atom is 0.338 e. The summed E-state index contributed by atoms with van der Waals surface area (Å²) in [6, 6.07) is 11.3. The largest absolute Gasteiger partial charge is 0.493 e. The van der Waals surface area contributed by atoms with Gasteiger partial charge in [0.15, 0.2) is 18.1 Å². The van der Waals surface area contributed by atoms with Gasteiger partial charge >= 0.3 is 5.97 Å². The quantitative estimate of drug-likeness (QED) is 0.733. The van der Waals surface area contributed by atoms with Crippen LogP contribution >= 0.6 is 0 Å². The van der Waals surface area contributed by atoms with E-state index in [1.807, 2.05) is 6.92 Å². The average molecular weight is 412 g/mol. The van der Waals surface area contributed by atoms with E-state index in [1.54, 1.807) is 43.3 Å². The van der Waals surface area contributed by atoms with Crippen LogP contribution in [-0.2, 0) is 14.3 Å². The molecule has 30 heavy (non-hydrogen) atoms. The third-order valence-corrected chi connectivity index (χ3v) is 4.65. The summed E-state index contributed by atoms with van der Waals surface area (Å²) < 4.78 is 15.9. The van der Waals surface area contributed by atoms with E-state index in [-0.39, 0.29) is 23.9 Å². The highest BCUT2D eigenvalue weighted by atomic mass is 16.5. The van der Waals surface area contributed by atoms with Crippen molar-refractivity contribution in [1.82, 2.24) is 0 Å². The number of fused-ring (bicyclic) bond motifs is 1. The zero-order chi connectivity index (χ0) is 21.7. The standard InChI is InChI=1S/C22H24N2O6/c1-4-29-19-12-15(9-10-18(19)28-3)22(27)30-13-21(26)24-14(2)11-20(25)23-16-7-5-6-8-17(16)24/h5-10,12,14H,4,11,13H2,1-3H3,(H,23,25)/t14-/m0/s1. The number of esters is 1. The first-order chi connectivity index (χ1) is 14.4. The number of carbonyl (C=O) groups excluding carboxylic acids is 3. The lowest BCUT2D eigenvalue weighted by molar-refractivity contribution is -0.122. The summed E-state index contributed by atoms with van der Waals surface area (Å²) in [7, 11) is 1.51. The lowest BCUT2D eigenvalue weighted by Gasteiger charge is -2.27. The Hall–Kier alpha value is -3.55. The van der Waals surface area contributed by atoms with E-state index >= 15 is 0 Å². The number of ether oxygens (including phenoxy) is 3. The molecule has 0 radical (unpaired) electrons. The number of anilines is 2. The molecule has 158 valence electrons. The normalized spacial score (nSPS) is 15.5. The number of methoxy groups -OCH3 is 1. The van der Waals surface area contributed by atoms with E-state index < -0.39 is 18.5 Å².